The molecular weight excluding hydrogens is 242 g/mol. The third kappa shape index (κ3) is 7.44. The van der Waals surface area contributed by atoms with Gasteiger partial charge in [-0.15, -0.1) is 0 Å². The van der Waals surface area contributed by atoms with Crippen LogP contribution in [0.15, 0.2) is 0 Å². The normalized spacial score (nSPS) is 11.4. The zero-order valence-electron chi connectivity index (χ0n) is 10.5. The van der Waals surface area contributed by atoms with Crippen molar-refractivity contribution in [1.82, 2.24) is 16.0 Å². The molecule has 18 heavy (non-hydrogen) atoms. The zero-order chi connectivity index (χ0) is 14.0. The topological polar surface area (TPSA) is 117 Å². The van der Waals surface area contributed by atoms with E-state index in [1.165, 1.54) is 14.2 Å². The van der Waals surface area contributed by atoms with Crippen LogP contribution in [0.2, 0.25) is 0 Å². The molecule has 0 heterocycles. The van der Waals surface area contributed by atoms with Gasteiger partial charge in [0.1, 0.15) is 6.04 Å². The van der Waals surface area contributed by atoms with Crippen molar-refractivity contribution in [1.29, 1.82) is 0 Å². The van der Waals surface area contributed by atoms with E-state index in [1.807, 2.05) is 0 Å². The molecule has 0 aliphatic rings. The van der Waals surface area contributed by atoms with Gasteiger partial charge in [-0.25, -0.2) is 9.59 Å². The molecule has 0 aliphatic carbocycles. The number of hydrogen-bond donors (Lipinski definition) is 4. The number of hydrogen-bond acceptors (Lipinski definition) is 4. The minimum atomic E-state index is -1.12. The highest BCUT2D eigenvalue weighted by Crippen LogP contribution is 1.98. The molecule has 1 atom stereocenters. The van der Waals surface area contributed by atoms with E-state index in [0.717, 1.165) is 0 Å². The monoisotopic (exact) mass is 261 g/mol. The number of ether oxygens (including phenoxy) is 1. The number of carbonyl (C=O) groups excluding carboxylic acids is 2. The molecule has 104 valence electrons. The number of rotatable bonds is 8. The molecule has 0 radical (unpaired) electrons. The van der Waals surface area contributed by atoms with E-state index in [-0.39, 0.29) is 18.9 Å². The first kappa shape index (κ1) is 16.2. The van der Waals surface area contributed by atoms with Crippen molar-refractivity contribution in [3.05, 3.63) is 0 Å². The number of carboxylic acids is 1. The van der Waals surface area contributed by atoms with Crippen molar-refractivity contribution in [2.45, 2.75) is 18.9 Å². The second kappa shape index (κ2) is 9.23. The average Bonchev–Trinajstić information content (AvgIpc) is 2.34. The Bertz CT molecular complexity index is 295. The van der Waals surface area contributed by atoms with Gasteiger partial charge in [0.2, 0.25) is 5.91 Å². The fourth-order valence-electron chi connectivity index (χ4n) is 1.15. The molecule has 8 heteroatoms. The van der Waals surface area contributed by atoms with E-state index in [2.05, 4.69) is 16.0 Å². The lowest BCUT2D eigenvalue weighted by Gasteiger charge is -2.14. The molecule has 0 aliphatic heterocycles. The molecule has 3 amide bonds. The number of carboxylic acid groups (broad SMARTS) is 1. The molecule has 0 bridgehead atoms. The summed E-state index contributed by atoms with van der Waals surface area (Å²) in [5.41, 5.74) is 0. The average molecular weight is 261 g/mol. The number of amides is 3. The number of urea groups is 1. The predicted octanol–water partition coefficient (Wildman–Crippen LogP) is -1.09. The standard InChI is InChI=1S/C10H19N3O5/c1-11-8(14)6-12-10(17)13-7(9(15)16)4-3-5-18-2/h7H,3-6H2,1-2H3,(H,11,14)(H,15,16)(H2,12,13,17). The summed E-state index contributed by atoms with van der Waals surface area (Å²) in [6.45, 7) is 0.220. The summed E-state index contributed by atoms with van der Waals surface area (Å²) in [7, 11) is 2.95. The molecule has 0 aromatic rings. The zero-order valence-corrected chi connectivity index (χ0v) is 10.5. The lowest BCUT2D eigenvalue weighted by atomic mass is 10.1. The Hall–Kier alpha value is -1.83. The van der Waals surface area contributed by atoms with Crippen LogP contribution >= 0.6 is 0 Å². The molecule has 0 aromatic carbocycles. The van der Waals surface area contributed by atoms with Gasteiger partial charge in [0.05, 0.1) is 6.54 Å². The molecule has 0 saturated carbocycles. The first-order valence-electron chi connectivity index (χ1n) is 5.48. The Kier molecular flexibility index (Phi) is 8.29. The maximum absolute atomic E-state index is 11.3. The van der Waals surface area contributed by atoms with Gasteiger partial charge < -0.3 is 25.8 Å². The second-order valence-corrected chi connectivity index (χ2v) is 3.53. The van der Waals surface area contributed by atoms with Gasteiger partial charge in [0, 0.05) is 20.8 Å². The van der Waals surface area contributed by atoms with Gasteiger partial charge in [-0.1, -0.05) is 0 Å². The quantitative estimate of drug-likeness (QED) is 0.414. The molecule has 8 nitrogen and oxygen atoms in total. The Morgan fingerprint density at radius 2 is 2.00 bits per heavy atom. The molecule has 0 rings (SSSR count). The molecule has 1 unspecified atom stereocenters. The summed E-state index contributed by atoms with van der Waals surface area (Å²) >= 11 is 0. The molecule has 0 fully saturated rings. The van der Waals surface area contributed by atoms with Crippen LogP contribution in [0, 0.1) is 0 Å². The van der Waals surface area contributed by atoms with E-state index in [1.54, 1.807) is 0 Å². The first-order valence-corrected chi connectivity index (χ1v) is 5.48. The summed E-state index contributed by atoms with van der Waals surface area (Å²) in [5, 5.41) is 15.7. The summed E-state index contributed by atoms with van der Waals surface area (Å²) < 4.78 is 4.80. The largest absolute Gasteiger partial charge is 0.480 e. The third-order valence-corrected chi connectivity index (χ3v) is 2.13. The smallest absolute Gasteiger partial charge is 0.326 e. The number of methoxy groups -OCH3 is 1. The van der Waals surface area contributed by atoms with Crippen molar-refractivity contribution in [3.8, 4) is 0 Å². The molecule has 0 saturated heterocycles. The fraction of sp³-hybridized carbons (Fsp3) is 0.700. The highest BCUT2D eigenvalue weighted by Gasteiger charge is 2.19. The minimum absolute atomic E-state index is 0.202. The Morgan fingerprint density at radius 3 is 2.50 bits per heavy atom. The lowest BCUT2D eigenvalue weighted by molar-refractivity contribution is -0.139. The highest BCUT2D eigenvalue weighted by atomic mass is 16.5. The van der Waals surface area contributed by atoms with Gasteiger partial charge in [-0.2, -0.15) is 0 Å². The Morgan fingerprint density at radius 1 is 1.33 bits per heavy atom. The molecular formula is C10H19N3O5. The predicted molar refractivity (Wildman–Crippen MR) is 63.1 cm³/mol. The van der Waals surface area contributed by atoms with Crippen molar-refractivity contribution < 1.29 is 24.2 Å². The van der Waals surface area contributed by atoms with E-state index >= 15 is 0 Å². The minimum Gasteiger partial charge on any atom is -0.480 e. The number of nitrogens with one attached hydrogen (secondary N) is 3. The van der Waals surface area contributed by atoms with Crippen molar-refractivity contribution >= 4 is 17.9 Å². The van der Waals surface area contributed by atoms with E-state index in [4.69, 9.17) is 9.84 Å². The van der Waals surface area contributed by atoms with E-state index in [9.17, 15) is 14.4 Å². The van der Waals surface area contributed by atoms with Crippen LogP contribution < -0.4 is 16.0 Å². The van der Waals surface area contributed by atoms with Crippen LogP contribution in [0.3, 0.4) is 0 Å². The summed E-state index contributed by atoms with van der Waals surface area (Å²) in [6, 6.07) is -1.69. The SMILES string of the molecule is CNC(=O)CNC(=O)NC(CCCOC)C(=O)O. The highest BCUT2D eigenvalue weighted by molar-refractivity contribution is 5.86. The fourth-order valence-corrected chi connectivity index (χ4v) is 1.15. The maximum Gasteiger partial charge on any atom is 0.326 e. The number of likely N-dealkylation sites (N-methyl/N-ethyl adjacent to an activating group) is 1. The van der Waals surface area contributed by atoms with E-state index < -0.39 is 18.0 Å². The van der Waals surface area contributed by atoms with Crippen molar-refractivity contribution in [3.63, 3.8) is 0 Å². The van der Waals surface area contributed by atoms with Crippen molar-refractivity contribution in [2.75, 3.05) is 27.3 Å². The summed E-state index contributed by atoms with van der Waals surface area (Å²) in [5.74, 6) is -1.49. The summed E-state index contributed by atoms with van der Waals surface area (Å²) in [4.78, 5) is 33.0. The molecule has 4 N–H and O–H groups in total. The number of carbonyl (C=O) groups is 3. The van der Waals surface area contributed by atoms with E-state index in [0.29, 0.717) is 13.0 Å². The third-order valence-electron chi connectivity index (χ3n) is 2.13. The van der Waals surface area contributed by atoms with Crippen LogP contribution in [0.4, 0.5) is 4.79 Å². The maximum atomic E-state index is 11.3. The van der Waals surface area contributed by atoms with Gasteiger partial charge in [0.25, 0.3) is 0 Å². The van der Waals surface area contributed by atoms with Crippen LogP contribution in [-0.2, 0) is 14.3 Å². The van der Waals surface area contributed by atoms with Gasteiger partial charge in [0.15, 0.2) is 0 Å². The second-order valence-electron chi connectivity index (χ2n) is 3.53. The van der Waals surface area contributed by atoms with Crippen LogP contribution in [0.5, 0.6) is 0 Å². The van der Waals surface area contributed by atoms with Crippen molar-refractivity contribution in [2.24, 2.45) is 0 Å². The molecule has 0 spiro atoms. The number of aliphatic carboxylic acids is 1. The lowest BCUT2D eigenvalue weighted by Crippen LogP contribution is -2.48. The molecule has 0 aromatic heterocycles. The Balaban J connectivity index is 4.03. The van der Waals surface area contributed by atoms with Crippen LogP contribution in [0.1, 0.15) is 12.8 Å². The van der Waals surface area contributed by atoms with Crippen LogP contribution in [0.25, 0.3) is 0 Å². The van der Waals surface area contributed by atoms with Crippen LogP contribution in [-0.4, -0.2) is 56.4 Å². The Labute approximate surface area is 105 Å². The van der Waals surface area contributed by atoms with Gasteiger partial charge >= 0.3 is 12.0 Å². The first-order chi connectivity index (χ1) is 8.51. The summed E-state index contributed by atoms with van der Waals surface area (Å²) in [6.07, 6.45) is 0.778. The van der Waals surface area contributed by atoms with Gasteiger partial charge in [-0.05, 0) is 12.8 Å². The van der Waals surface area contributed by atoms with Gasteiger partial charge in [-0.3, -0.25) is 4.79 Å².